The Hall–Kier alpha value is -0.470. The smallest absolute Gasteiger partial charge is 0.0872 e. The molecule has 1 aliphatic heterocycles. The Kier molecular flexibility index (Phi) is 6.19. The molecule has 0 aromatic carbocycles. The number of nitrogens with zero attached hydrogens (tertiary/aromatic N) is 3. The third-order valence-corrected chi connectivity index (χ3v) is 5.19. The number of nitrogens with one attached hydrogen (secondary N) is 1. The molecular weight excluding hydrogens is 334 g/mol. The van der Waals surface area contributed by atoms with Crippen molar-refractivity contribution in [2.75, 3.05) is 26.2 Å². The van der Waals surface area contributed by atoms with Crippen molar-refractivity contribution in [2.45, 2.75) is 45.9 Å². The predicted molar refractivity (Wildman–Crippen MR) is 87.0 cm³/mol. The van der Waals surface area contributed by atoms with Crippen LogP contribution in [0.1, 0.15) is 25.2 Å². The summed E-state index contributed by atoms with van der Waals surface area (Å²) in [7, 11) is 0. The second-order valence-corrected chi connectivity index (χ2v) is 6.23. The molecule has 2 atom stereocenters. The number of morpholine rings is 1. The van der Waals surface area contributed by atoms with Gasteiger partial charge in [-0.2, -0.15) is 5.10 Å². The van der Waals surface area contributed by atoms with E-state index in [-0.39, 0.29) is 12.1 Å². The second kappa shape index (κ2) is 7.69. The van der Waals surface area contributed by atoms with Crippen LogP contribution in [0.4, 0.5) is 0 Å². The van der Waals surface area contributed by atoms with Gasteiger partial charge in [-0.05, 0) is 36.3 Å². The lowest BCUT2D eigenvalue weighted by Crippen LogP contribution is -2.54. The van der Waals surface area contributed by atoms with Gasteiger partial charge in [-0.25, -0.2) is 0 Å². The molecule has 1 saturated heterocycles. The molecule has 2 unspecified atom stereocenters. The van der Waals surface area contributed by atoms with Gasteiger partial charge in [0.25, 0.3) is 0 Å². The summed E-state index contributed by atoms with van der Waals surface area (Å²) in [6.07, 6.45) is 0.907. The van der Waals surface area contributed by atoms with Crippen molar-refractivity contribution in [3.63, 3.8) is 0 Å². The van der Waals surface area contributed by atoms with E-state index in [0.29, 0.717) is 0 Å². The maximum absolute atomic E-state index is 5.93. The van der Waals surface area contributed by atoms with E-state index in [2.05, 4.69) is 45.2 Å². The Morgan fingerprint density at radius 3 is 2.86 bits per heavy atom. The molecule has 6 nitrogen and oxygen atoms in total. The normalized spacial score (nSPS) is 21.7. The first kappa shape index (κ1) is 16.9. The lowest BCUT2D eigenvalue weighted by atomic mass is 10.0. The molecule has 21 heavy (non-hydrogen) atoms. The van der Waals surface area contributed by atoms with Gasteiger partial charge in [0.15, 0.2) is 0 Å². The van der Waals surface area contributed by atoms with Crippen LogP contribution in [0.25, 0.3) is 0 Å². The molecule has 2 heterocycles. The number of hydrogen-bond acceptors (Lipinski definition) is 5. The zero-order chi connectivity index (χ0) is 15.4. The first-order valence-corrected chi connectivity index (χ1v) is 8.41. The fourth-order valence-corrected chi connectivity index (χ4v) is 3.28. The maximum atomic E-state index is 5.93. The van der Waals surface area contributed by atoms with Gasteiger partial charge in [-0.15, -0.1) is 0 Å². The van der Waals surface area contributed by atoms with Crippen LogP contribution in [0.15, 0.2) is 4.47 Å². The minimum Gasteiger partial charge on any atom is -0.374 e. The number of aromatic nitrogens is 2. The van der Waals surface area contributed by atoms with Gasteiger partial charge in [-0.1, -0.05) is 6.92 Å². The highest BCUT2D eigenvalue weighted by Gasteiger charge is 2.29. The summed E-state index contributed by atoms with van der Waals surface area (Å²) in [5.41, 5.74) is 5.13. The van der Waals surface area contributed by atoms with Gasteiger partial charge in [0.2, 0.25) is 0 Å². The van der Waals surface area contributed by atoms with Gasteiger partial charge in [0.1, 0.15) is 0 Å². The Balaban J connectivity index is 2.12. The summed E-state index contributed by atoms with van der Waals surface area (Å²) in [6.45, 7) is 10.9. The summed E-state index contributed by atoms with van der Waals surface area (Å²) in [5, 5.41) is 4.54. The molecule has 1 fully saturated rings. The van der Waals surface area contributed by atoms with E-state index in [0.717, 1.165) is 49.4 Å². The summed E-state index contributed by atoms with van der Waals surface area (Å²) in [4.78, 5) is 2.40. The molecule has 120 valence electrons. The molecule has 1 aliphatic rings. The van der Waals surface area contributed by atoms with Crippen LogP contribution >= 0.6 is 15.9 Å². The lowest BCUT2D eigenvalue weighted by Gasteiger charge is -2.36. The van der Waals surface area contributed by atoms with Crippen LogP contribution in [0.3, 0.4) is 0 Å². The summed E-state index contributed by atoms with van der Waals surface area (Å²) >= 11 is 3.65. The summed E-state index contributed by atoms with van der Waals surface area (Å²) < 4.78 is 9.03. The largest absolute Gasteiger partial charge is 0.374 e. The Labute approximate surface area is 135 Å². The van der Waals surface area contributed by atoms with Crippen LogP contribution in [0, 0.1) is 6.92 Å². The van der Waals surface area contributed by atoms with Crippen molar-refractivity contribution in [1.82, 2.24) is 20.1 Å². The highest BCUT2D eigenvalue weighted by atomic mass is 79.9. The SMILES string of the molecule is CCN1CCOC(C(Cc2c(Br)c(C)nn2CC)NN)C1. The third-order valence-electron chi connectivity index (χ3n) is 4.15. The van der Waals surface area contributed by atoms with E-state index >= 15 is 0 Å². The molecule has 0 amide bonds. The van der Waals surface area contributed by atoms with Gasteiger partial charge < -0.3 is 4.74 Å². The minimum absolute atomic E-state index is 0.0806. The summed E-state index contributed by atoms with van der Waals surface area (Å²) in [5.74, 6) is 5.79. The molecule has 0 bridgehead atoms. The van der Waals surface area contributed by atoms with Crippen LogP contribution in [0.2, 0.25) is 0 Å². The van der Waals surface area contributed by atoms with Crippen molar-refractivity contribution < 1.29 is 4.74 Å². The van der Waals surface area contributed by atoms with Crippen molar-refractivity contribution in [3.05, 3.63) is 15.9 Å². The van der Waals surface area contributed by atoms with Gasteiger partial charge >= 0.3 is 0 Å². The molecule has 0 saturated carbocycles. The quantitative estimate of drug-likeness (QED) is 0.587. The van der Waals surface area contributed by atoms with Crippen molar-refractivity contribution in [2.24, 2.45) is 5.84 Å². The van der Waals surface area contributed by atoms with Crippen LogP contribution in [0.5, 0.6) is 0 Å². The molecule has 2 rings (SSSR count). The van der Waals surface area contributed by atoms with Crippen LogP contribution in [-0.2, 0) is 17.7 Å². The van der Waals surface area contributed by atoms with Crippen molar-refractivity contribution in [1.29, 1.82) is 0 Å². The first-order chi connectivity index (χ1) is 10.1. The monoisotopic (exact) mass is 359 g/mol. The average Bonchev–Trinajstić information content (AvgIpc) is 2.79. The zero-order valence-corrected chi connectivity index (χ0v) is 14.7. The Morgan fingerprint density at radius 2 is 2.24 bits per heavy atom. The van der Waals surface area contributed by atoms with Crippen LogP contribution < -0.4 is 11.3 Å². The number of nitrogens with two attached hydrogens (primary N) is 1. The highest BCUT2D eigenvalue weighted by molar-refractivity contribution is 9.10. The van der Waals surface area contributed by atoms with Gasteiger partial charge in [0, 0.05) is 26.1 Å². The Morgan fingerprint density at radius 1 is 1.48 bits per heavy atom. The summed E-state index contributed by atoms with van der Waals surface area (Å²) in [6, 6.07) is 0.0806. The molecule has 0 aliphatic carbocycles. The van der Waals surface area contributed by atoms with E-state index in [9.17, 15) is 0 Å². The number of hydrazine groups is 1. The van der Waals surface area contributed by atoms with E-state index in [1.54, 1.807) is 0 Å². The van der Waals surface area contributed by atoms with E-state index in [4.69, 9.17) is 10.6 Å². The molecule has 0 spiro atoms. The first-order valence-electron chi connectivity index (χ1n) is 7.62. The van der Waals surface area contributed by atoms with E-state index in [1.807, 2.05) is 11.6 Å². The molecule has 3 N–H and O–H groups in total. The third kappa shape index (κ3) is 3.84. The van der Waals surface area contributed by atoms with Gasteiger partial charge in [0.05, 0.1) is 34.6 Å². The van der Waals surface area contributed by atoms with Crippen molar-refractivity contribution >= 4 is 15.9 Å². The maximum Gasteiger partial charge on any atom is 0.0872 e. The van der Waals surface area contributed by atoms with Gasteiger partial charge in [-0.3, -0.25) is 20.9 Å². The van der Waals surface area contributed by atoms with E-state index < -0.39 is 0 Å². The Bertz CT molecular complexity index is 464. The molecule has 1 aromatic heterocycles. The predicted octanol–water partition coefficient (Wildman–Crippen LogP) is 1.07. The number of ether oxygens (including phenoxy) is 1. The number of hydrogen-bond donors (Lipinski definition) is 2. The minimum atomic E-state index is 0.0806. The van der Waals surface area contributed by atoms with Crippen molar-refractivity contribution in [3.8, 4) is 0 Å². The molecule has 0 radical (unpaired) electrons. The standard InChI is InChI=1S/C14H26BrN5O/c1-4-19-6-7-21-13(9-19)11(17-16)8-12-14(15)10(3)18-20(12)5-2/h11,13,17H,4-9,16H2,1-3H3. The number of rotatable bonds is 6. The van der Waals surface area contributed by atoms with E-state index in [1.165, 1.54) is 5.69 Å². The fraction of sp³-hybridized carbons (Fsp3) is 0.786. The molecule has 7 heteroatoms. The number of aryl methyl sites for hydroxylation is 2. The number of halogens is 1. The average molecular weight is 360 g/mol. The van der Waals surface area contributed by atoms with Crippen LogP contribution in [-0.4, -0.2) is 53.1 Å². The number of likely N-dealkylation sites (N-methyl/N-ethyl adjacent to an activating group) is 1. The fourth-order valence-electron chi connectivity index (χ4n) is 2.83. The molecule has 1 aromatic rings. The second-order valence-electron chi connectivity index (χ2n) is 5.44. The highest BCUT2D eigenvalue weighted by Crippen LogP contribution is 2.23. The lowest BCUT2D eigenvalue weighted by molar-refractivity contribution is -0.0450. The topological polar surface area (TPSA) is 68.3 Å². The molecular formula is C14H26BrN5O. The zero-order valence-electron chi connectivity index (χ0n) is 13.1.